The van der Waals surface area contributed by atoms with Crippen LogP contribution in [0.25, 0.3) is 0 Å². The average molecular weight is 187 g/mol. The zero-order chi connectivity index (χ0) is 9.47. The van der Waals surface area contributed by atoms with Crippen LogP contribution >= 0.6 is 0 Å². The molecule has 3 nitrogen and oxygen atoms in total. The number of fused-ring (bicyclic) bond motifs is 2. The van der Waals surface area contributed by atoms with E-state index < -0.39 is 11.6 Å². The zero-order valence-corrected chi connectivity index (χ0v) is 7.50. The van der Waals surface area contributed by atoms with Gasteiger partial charge in [0.05, 0.1) is 0 Å². The van der Waals surface area contributed by atoms with Crippen LogP contribution in [0.15, 0.2) is 0 Å². The molecule has 1 N–H and O–H groups in total. The first-order valence-electron chi connectivity index (χ1n) is 4.77. The number of rotatable bonds is 1. The van der Waals surface area contributed by atoms with Crippen molar-refractivity contribution in [3.63, 3.8) is 0 Å². The smallest absolute Gasteiger partial charge is 0.341 e. The molecule has 0 saturated carbocycles. The maximum atomic E-state index is 14.0. The minimum Gasteiger partial charge on any atom is -0.479 e. The van der Waals surface area contributed by atoms with Crippen molar-refractivity contribution < 1.29 is 14.3 Å². The van der Waals surface area contributed by atoms with E-state index in [1.165, 1.54) is 0 Å². The number of nitrogens with zero attached hydrogens (tertiary/aromatic N) is 1. The molecule has 74 valence electrons. The van der Waals surface area contributed by atoms with E-state index in [9.17, 15) is 9.18 Å². The molecule has 2 heterocycles. The molecule has 0 radical (unpaired) electrons. The topological polar surface area (TPSA) is 40.5 Å². The molecule has 3 atom stereocenters. The monoisotopic (exact) mass is 187 g/mol. The lowest BCUT2D eigenvalue weighted by atomic mass is 9.85. The number of carboxylic acids is 1. The van der Waals surface area contributed by atoms with Gasteiger partial charge in [-0.05, 0) is 32.4 Å². The molecule has 0 aromatic rings. The first-order valence-corrected chi connectivity index (χ1v) is 4.77. The highest BCUT2D eigenvalue weighted by atomic mass is 19.1. The lowest BCUT2D eigenvalue weighted by Gasteiger charge is -2.24. The number of halogens is 1. The van der Waals surface area contributed by atoms with Gasteiger partial charge in [0.1, 0.15) is 0 Å². The molecule has 2 aliphatic rings. The van der Waals surface area contributed by atoms with Crippen molar-refractivity contribution in [1.29, 1.82) is 0 Å². The standard InChI is InChI=1S/C9H14FNO2/c10-9(8(12)13)3-1-4-11-5-2-7(9)6-11/h7H,1-6H2,(H,12,13). The van der Waals surface area contributed by atoms with Crippen molar-refractivity contribution in [3.05, 3.63) is 0 Å². The minimum atomic E-state index is -1.95. The first-order chi connectivity index (χ1) is 6.13. The summed E-state index contributed by atoms with van der Waals surface area (Å²) in [6, 6.07) is 0. The highest BCUT2D eigenvalue weighted by molar-refractivity contribution is 5.77. The Kier molecular flexibility index (Phi) is 2.02. The molecule has 0 aromatic carbocycles. The van der Waals surface area contributed by atoms with Gasteiger partial charge in [-0.15, -0.1) is 0 Å². The van der Waals surface area contributed by atoms with Gasteiger partial charge in [-0.2, -0.15) is 0 Å². The summed E-state index contributed by atoms with van der Waals surface area (Å²) in [5, 5.41) is 8.85. The van der Waals surface area contributed by atoms with E-state index >= 15 is 0 Å². The first kappa shape index (κ1) is 8.94. The van der Waals surface area contributed by atoms with Crippen molar-refractivity contribution in [2.45, 2.75) is 24.9 Å². The van der Waals surface area contributed by atoms with E-state index in [0.717, 1.165) is 13.1 Å². The second kappa shape index (κ2) is 2.94. The van der Waals surface area contributed by atoms with Crippen LogP contribution in [0.5, 0.6) is 0 Å². The third kappa shape index (κ3) is 1.33. The third-order valence-corrected chi connectivity index (χ3v) is 3.29. The Labute approximate surface area is 76.5 Å². The molecule has 0 aromatic heterocycles. The zero-order valence-electron chi connectivity index (χ0n) is 7.50. The van der Waals surface area contributed by atoms with Crippen molar-refractivity contribution in [3.8, 4) is 0 Å². The number of hydrogen-bond acceptors (Lipinski definition) is 2. The highest BCUT2D eigenvalue weighted by Crippen LogP contribution is 2.37. The Morgan fingerprint density at radius 1 is 1.54 bits per heavy atom. The van der Waals surface area contributed by atoms with Gasteiger partial charge in [0.15, 0.2) is 0 Å². The molecule has 3 unspecified atom stereocenters. The molecule has 4 heteroatoms. The van der Waals surface area contributed by atoms with Gasteiger partial charge in [-0.1, -0.05) is 0 Å². The van der Waals surface area contributed by atoms with Crippen molar-refractivity contribution in [2.75, 3.05) is 19.6 Å². The van der Waals surface area contributed by atoms with Crippen LogP contribution in [0.1, 0.15) is 19.3 Å². The van der Waals surface area contributed by atoms with E-state index in [1.54, 1.807) is 0 Å². The summed E-state index contributed by atoms with van der Waals surface area (Å²) in [6.45, 7) is 2.35. The fraction of sp³-hybridized carbons (Fsp3) is 0.889. The van der Waals surface area contributed by atoms with Gasteiger partial charge in [-0.3, -0.25) is 0 Å². The predicted molar refractivity (Wildman–Crippen MR) is 45.3 cm³/mol. The Hall–Kier alpha value is -0.640. The second-order valence-corrected chi connectivity index (χ2v) is 4.06. The summed E-state index contributed by atoms with van der Waals surface area (Å²) < 4.78 is 14.0. The molecule has 0 amide bonds. The van der Waals surface area contributed by atoms with Gasteiger partial charge >= 0.3 is 5.97 Å². The van der Waals surface area contributed by atoms with Crippen LogP contribution in [0.2, 0.25) is 0 Å². The molecule has 2 fully saturated rings. The van der Waals surface area contributed by atoms with Gasteiger partial charge in [0.2, 0.25) is 5.67 Å². The minimum absolute atomic E-state index is 0.184. The van der Waals surface area contributed by atoms with Gasteiger partial charge in [0.25, 0.3) is 0 Å². The summed E-state index contributed by atoms with van der Waals surface area (Å²) in [5.41, 5.74) is -1.95. The number of hydrogen-bond donors (Lipinski definition) is 1. The molecular formula is C9H14FNO2. The van der Waals surface area contributed by atoms with E-state index in [2.05, 4.69) is 4.90 Å². The fourth-order valence-corrected chi connectivity index (χ4v) is 2.45. The van der Waals surface area contributed by atoms with E-state index in [4.69, 9.17) is 5.11 Å². The van der Waals surface area contributed by atoms with Gasteiger partial charge in [-0.25, -0.2) is 9.18 Å². The average Bonchev–Trinajstić information content (AvgIpc) is 2.44. The molecule has 2 aliphatic heterocycles. The lowest BCUT2D eigenvalue weighted by Crippen LogP contribution is -2.41. The molecular weight excluding hydrogens is 173 g/mol. The van der Waals surface area contributed by atoms with Crippen LogP contribution in [0, 0.1) is 5.92 Å². The SMILES string of the molecule is O=C(O)C1(F)CCCN2CCC1C2. The summed E-state index contributed by atoms with van der Waals surface area (Å²) in [6.07, 6.45) is 1.55. The maximum Gasteiger partial charge on any atom is 0.341 e. The third-order valence-electron chi connectivity index (χ3n) is 3.29. The number of carbonyl (C=O) groups is 1. The number of aliphatic carboxylic acids is 1. The molecule has 2 rings (SSSR count). The van der Waals surface area contributed by atoms with Crippen LogP contribution in [0.3, 0.4) is 0 Å². The van der Waals surface area contributed by atoms with Crippen LogP contribution in [-0.2, 0) is 4.79 Å². The Morgan fingerprint density at radius 3 is 3.00 bits per heavy atom. The summed E-state index contributed by atoms with van der Waals surface area (Å²) in [7, 11) is 0. The summed E-state index contributed by atoms with van der Waals surface area (Å²) in [5.74, 6) is -1.55. The quantitative estimate of drug-likeness (QED) is 0.663. The predicted octanol–water partition coefficient (Wildman–Crippen LogP) is 0.895. The summed E-state index contributed by atoms with van der Waals surface area (Å²) in [4.78, 5) is 13.0. The van der Waals surface area contributed by atoms with Gasteiger partial charge in [0, 0.05) is 12.5 Å². The number of carboxylic acid groups (broad SMARTS) is 1. The molecule has 13 heavy (non-hydrogen) atoms. The van der Waals surface area contributed by atoms with E-state index in [1.807, 2.05) is 0 Å². The highest BCUT2D eigenvalue weighted by Gasteiger charge is 2.50. The molecule has 2 bridgehead atoms. The Balaban J connectivity index is 2.22. The Morgan fingerprint density at radius 2 is 2.31 bits per heavy atom. The van der Waals surface area contributed by atoms with Crippen molar-refractivity contribution >= 4 is 5.97 Å². The second-order valence-electron chi connectivity index (χ2n) is 4.06. The summed E-state index contributed by atoms with van der Waals surface area (Å²) >= 11 is 0. The van der Waals surface area contributed by atoms with Gasteiger partial charge < -0.3 is 10.0 Å². The largest absolute Gasteiger partial charge is 0.479 e. The van der Waals surface area contributed by atoms with Crippen LogP contribution in [0.4, 0.5) is 4.39 Å². The van der Waals surface area contributed by atoms with Crippen LogP contribution < -0.4 is 0 Å². The van der Waals surface area contributed by atoms with Crippen LogP contribution in [-0.4, -0.2) is 41.3 Å². The molecule has 0 aliphatic carbocycles. The molecule has 0 spiro atoms. The van der Waals surface area contributed by atoms with Crippen molar-refractivity contribution in [1.82, 2.24) is 4.90 Å². The maximum absolute atomic E-state index is 14.0. The molecule has 2 saturated heterocycles. The van der Waals surface area contributed by atoms with E-state index in [0.29, 0.717) is 19.4 Å². The Bertz CT molecular complexity index is 234. The number of alkyl halides is 1. The normalized spacial score (nSPS) is 44.4. The lowest BCUT2D eigenvalue weighted by molar-refractivity contribution is -0.155. The van der Waals surface area contributed by atoms with E-state index in [-0.39, 0.29) is 12.3 Å². The van der Waals surface area contributed by atoms with Crippen molar-refractivity contribution in [2.24, 2.45) is 5.92 Å². The fourth-order valence-electron chi connectivity index (χ4n) is 2.45.